The predicted molar refractivity (Wildman–Crippen MR) is 75.6 cm³/mol. The lowest BCUT2D eigenvalue weighted by molar-refractivity contribution is 0.563. The SMILES string of the molecule is C[C@@H](NCc1c[nH]c2ncccc12)c1ccccn1. The molecule has 0 saturated heterocycles. The first kappa shape index (κ1) is 11.9. The van der Waals surface area contributed by atoms with Gasteiger partial charge in [-0.2, -0.15) is 0 Å². The average molecular weight is 252 g/mol. The highest BCUT2D eigenvalue weighted by atomic mass is 14.9. The second-order valence-electron chi connectivity index (χ2n) is 4.57. The minimum absolute atomic E-state index is 0.225. The van der Waals surface area contributed by atoms with Crippen LogP contribution in [0.25, 0.3) is 11.0 Å². The highest BCUT2D eigenvalue weighted by Crippen LogP contribution is 2.17. The summed E-state index contributed by atoms with van der Waals surface area (Å²) in [6.45, 7) is 2.92. The fraction of sp³-hybridized carbons (Fsp3) is 0.200. The summed E-state index contributed by atoms with van der Waals surface area (Å²) in [5.41, 5.74) is 3.22. The molecule has 96 valence electrons. The molecule has 0 bridgehead atoms. The minimum atomic E-state index is 0.225. The van der Waals surface area contributed by atoms with Crippen LogP contribution in [0.1, 0.15) is 24.2 Å². The van der Waals surface area contributed by atoms with Gasteiger partial charge in [-0.1, -0.05) is 6.07 Å². The van der Waals surface area contributed by atoms with E-state index < -0.39 is 0 Å². The Balaban J connectivity index is 1.73. The summed E-state index contributed by atoms with van der Waals surface area (Å²) >= 11 is 0. The molecule has 1 atom stereocenters. The molecule has 3 heterocycles. The van der Waals surface area contributed by atoms with Gasteiger partial charge in [-0.3, -0.25) is 4.98 Å². The van der Waals surface area contributed by atoms with E-state index in [1.807, 2.05) is 36.7 Å². The average Bonchev–Trinajstić information content (AvgIpc) is 2.89. The third-order valence-electron chi connectivity index (χ3n) is 3.27. The van der Waals surface area contributed by atoms with Crippen molar-refractivity contribution in [2.45, 2.75) is 19.5 Å². The van der Waals surface area contributed by atoms with Gasteiger partial charge < -0.3 is 10.3 Å². The fourth-order valence-electron chi connectivity index (χ4n) is 2.16. The maximum Gasteiger partial charge on any atom is 0.137 e. The molecular weight excluding hydrogens is 236 g/mol. The second kappa shape index (κ2) is 5.20. The molecule has 0 amide bonds. The highest BCUT2D eigenvalue weighted by molar-refractivity contribution is 5.79. The normalized spacial score (nSPS) is 12.7. The Kier molecular flexibility index (Phi) is 3.25. The third kappa shape index (κ3) is 2.48. The molecule has 3 rings (SSSR count). The molecule has 0 unspecified atom stereocenters. The molecule has 0 aromatic carbocycles. The Bertz CT molecular complexity index is 660. The zero-order valence-corrected chi connectivity index (χ0v) is 10.8. The van der Waals surface area contributed by atoms with Crippen molar-refractivity contribution < 1.29 is 0 Å². The lowest BCUT2D eigenvalue weighted by Gasteiger charge is -2.12. The molecule has 3 aromatic heterocycles. The number of nitrogens with zero attached hydrogens (tertiary/aromatic N) is 2. The third-order valence-corrected chi connectivity index (χ3v) is 3.27. The molecule has 0 spiro atoms. The number of pyridine rings is 2. The Morgan fingerprint density at radius 1 is 1.16 bits per heavy atom. The summed E-state index contributed by atoms with van der Waals surface area (Å²) in [6.07, 6.45) is 5.63. The van der Waals surface area contributed by atoms with Gasteiger partial charge in [0.25, 0.3) is 0 Å². The number of H-pyrrole nitrogens is 1. The number of fused-ring (bicyclic) bond motifs is 1. The number of hydrogen-bond acceptors (Lipinski definition) is 3. The summed E-state index contributed by atoms with van der Waals surface area (Å²) in [7, 11) is 0. The van der Waals surface area contributed by atoms with Crippen LogP contribution >= 0.6 is 0 Å². The van der Waals surface area contributed by atoms with Crippen molar-refractivity contribution in [3.05, 3.63) is 60.2 Å². The fourth-order valence-corrected chi connectivity index (χ4v) is 2.16. The first-order chi connectivity index (χ1) is 9.34. The van der Waals surface area contributed by atoms with Crippen LogP contribution < -0.4 is 5.32 Å². The number of aromatic nitrogens is 3. The Labute approximate surface area is 111 Å². The molecule has 0 saturated carbocycles. The van der Waals surface area contributed by atoms with Crippen molar-refractivity contribution >= 4 is 11.0 Å². The molecule has 4 nitrogen and oxygen atoms in total. The van der Waals surface area contributed by atoms with Crippen LogP contribution in [0.2, 0.25) is 0 Å². The molecule has 19 heavy (non-hydrogen) atoms. The quantitative estimate of drug-likeness (QED) is 0.750. The Morgan fingerprint density at radius 3 is 2.89 bits per heavy atom. The summed E-state index contributed by atoms with van der Waals surface area (Å²) in [5, 5.41) is 4.65. The monoisotopic (exact) mass is 252 g/mol. The van der Waals surface area contributed by atoms with Crippen LogP contribution in [-0.2, 0) is 6.54 Å². The van der Waals surface area contributed by atoms with E-state index in [0.29, 0.717) is 0 Å². The van der Waals surface area contributed by atoms with Crippen LogP contribution in [0.5, 0.6) is 0 Å². The van der Waals surface area contributed by atoms with Crippen molar-refractivity contribution in [3.8, 4) is 0 Å². The first-order valence-electron chi connectivity index (χ1n) is 6.40. The van der Waals surface area contributed by atoms with Crippen molar-refractivity contribution in [3.63, 3.8) is 0 Å². The van der Waals surface area contributed by atoms with E-state index in [0.717, 1.165) is 17.9 Å². The number of rotatable bonds is 4. The van der Waals surface area contributed by atoms with Gasteiger partial charge in [0.1, 0.15) is 5.65 Å². The smallest absolute Gasteiger partial charge is 0.137 e. The van der Waals surface area contributed by atoms with Crippen molar-refractivity contribution in [1.82, 2.24) is 20.3 Å². The number of nitrogens with one attached hydrogen (secondary N) is 2. The summed E-state index contributed by atoms with van der Waals surface area (Å²) in [5.74, 6) is 0. The van der Waals surface area contributed by atoms with E-state index in [1.165, 1.54) is 10.9 Å². The largest absolute Gasteiger partial charge is 0.346 e. The molecule has 4 heteroatoms. The summed E-state index contributed by atoms with van der Waals surface area (Å²) < 4.78 is 0. The number of aromatic amines is 1. The predicted octanol–water partition coefficient (Wildman–Crippen LogP) is 2.81. The lowest BCUT2D eigenvalue weighted by Crippen LogP contribution is -2.18. The molecule has 0 radical (unpaired) electrons. The van der Waals surface area contributed by atoms with Crippen molar-refractivity contribution in [2.24, 2.45) is 0 Å². The molecular formula is C15H16N4. The van der Waals surface area contributed by atoms with Gasteiger partial charge in [-0.25, -0.2) is 4.98 Å². The van der Waals surface area contributed by atoms with Gasteiger partial charge in [0.2, 0.25) is 0 Å². The Morgan fingerprint density at radius 2 is 2.05 bits per heavy atom. The zero-order chi connectivity index (χ0) is 13.1. The van der Waals surface area contributed by atoms with E-state index in [1.54, 1.807) is 6.20 Å². The molecule has 2 N–H and O–H groups in total. The molecule has 0 aliphatic heterocycles. The molecule has 3 aromatic rings. The van der Waals surface area contributed by atoms with Crippen LogP contribution in [-0.4, -0.2) is 15.0 Å². The highest BCUT2D eigenvalue weighted by Gasteiger charge is 2.08. The first-order valence-corrected chi connectivity index (χ1v) is 6.40. The topological polar surface area (TPSA) is 53.6 Å². The number of hydrogen-bond donors (Lipinski definition) is 2. The van der Waals surface area contributed by atoms with Crippen LogP contribution in [0.15, 0.2) is 48.9 Å². The van der Waals surface area contributed by atoms with Gasteiger partial charge >= 0.3 is 0 Å². The van der Waals surface area contributed by atoms with E-state index >= 15 is 0 Å². The summed E-state index contributed by atoms with van der Waals surface area (Å²) in [6, 6.07) is 10.2. The van der Waals surface area contributed by atoms with Gasteiger partial charge in [-0.15, -0.1) is 0 Å². The Hall–Kier alpha value is -2.20. The maximum atomic E-state index is 4.36. The standard InChI is InChI=1S/C15H16N4/c1-11(14-6-2-3-7-16-14)18-9-12-10-19-15-13(12)5-4-8-17-15/h2-8,10-11,18H,9H2,1H3,(H,17,19)/t11-/m1/s1. The molecule has 0 fully saturated rings. The molecule has 0 aliphatic rings. The lowest BCUT2D eigenvalue weighted by atomic mass is 10.2. The van der Waals surface area contributed by atoms with E-state index in [-0.39, 0.29) is 6.04 Å². The van der Waals surface area contributed by atoms with Crippen LogP contribution in [0.3, 0.4) is 0 Å². The second-order valence-corrected chi connectivity index (χ2v) is 4.57. The van der Waals surface area contributed by atoms with E-state index in [2.05, 4.69) is 33.3 Å². The van der Waals surface area contributed by atoms with Gasteiger partial charge in [0.05, 0.1) is 5.69 Å². The van der Waals surface area contributed by atoms with E-state index in [9.17, 15) is 0 Å². The summed E-state index contributed by atoms with van der Waals surface area (Å²) in [4.78, 5) is 11.8. The molecule has 0 aliphatic carbocycles. The van der Waals surface area contributed by atoms with Gasteiger partial charge in [-0.05, 0) is 36.8 Å². The van der Waals surface area contributed by atoms with E-state index in [4.69, 9.17) is 0 Å². The van der Waals surface area contributed by atoms with Crippen molar-refractivity contribution in [2.75, 3.05) is 0 Å². The maximum absolute atomic E-state index is 4.36. The van der Waals surface area contributed by atoms with Crippen LogP contribution in [0.4, 0.5) is 0 Å². The zero-order valence-electron chi connectivity index (χ0n) is 10.8. The van der Waals surface area contributed by atoms with Gasteiger partial charge in [0, 0.05) is 36.6 Å². The minimum Gasteiger partial charge on any atom is -0.346 e. The van der Waals surface area contributed by atoms with Crippen LogP contribution in [0, 0.1) is 0 Å². The van der Waals surface area contributed by atoms with Gasteiger partial charge in [0.15, 0.2) is 0 Å². The van der Waals surface area contributed by atoms with Crippen molar-refractivity contribution in [1.29, 1.82) is 0 Å².